The first-order chi connectivity index (χ1) is 12.3. The van der Waals surface area contributed by atoms with Crippen molar-refractivity contribution in [2.45, 2.75) is 12.3 Å². The quantitative estimate of drug-likeness (QED) is 0.803. The number of carbonyl (C=O) groups is 1. The third-order valence-electron chi connectivity index (χ3n) is 3.67. The smallest absolute Gasteiger partial charge is 0.416 e. The fourth-order valence-electron chi connectivity index (χ4n) is 2.28. The van der Waals surface area contributed by atoms with Crippen LogP contribution in [0.2, 0.25) is 0 Å². The number of alkyl halides is 3. The molecule has 2 rings (SSSR count). The summed E-state index contributed by atoms with van der Waals surface area (Å²) in [5.74, 6) is 0.666. The third kappa shape index (κ3) is 5.38. The number of methoxy groups -OCH3 is 2. The van der Waals surface area contributed by atoms with E-state index in [1.54, 1.807) is 19.2 Å². The summed E-state index contributed by atoms with van der Waals surface area (Å²) in [5, 5.41) is 5.10. The number of benzene rings is 2. The average molecular weight is 368 g/mol. The average Bonchev–Trinajstić information content (AvgIpc) is 2.62. The van der Waals surface area contributed by atoms with Crippen LogP contribution in [0.15, 0.2) is 48.5 Å². The highest BCUT2D eigenvalue weighted by atomic mass is 19.4. The van der Waals surface area contributed by atoms with Gasteiger partial charge in [0.15, 0.2) is 0 Å². The van der Waals surface area contributed by atoms with E-state index >= 15 is 0 Å². The summed E-state index contributed by atoms with van der Waals surface area (Å²) in [6.07, 6.45) is -4.81. The van der Waals surface area contributed by atoms with Gasteiger partial charge in [-0.25, -0.2) is 4.79 Å². The molecular weight excluding hydrogens is 349 g/mol. The minimum Gasteiger partial charge on any atom is -0.497 e. The largest absolute Gasteiger partial charge is 0.497 e. The van der Waals surface area contributed by atoms with Crippen LogP contribution >= 0.6 is 0 Å². The molecular formula is C18H19F3N2O3. The Morgan fingerprint density at radius 1 is 1.12 bits per heavy atom. The zero-order valence-electron chi connectivity index (χ0n) is 14.3. The Bertz CT molecular complexity index is 733. The molecule has 0 aliphatic carbocycles. The van der Waals surface area contributed by atoms with E-state index in [-0.39, 0.29) is 12.2 Å². The Kier molecular flexibility index (Phi) is 6.46. The van der Waals surface area contributed by atoms with E-state index in [1.165, 1.54) is 19.2 Å². The summed E-state index contributed by atoms with van der Waals surface area (Å²) < 4.78 is 48.1. The highest BCUT2D eigenvalue weighted by Gasteiger charge is 2.30. The number of urea groups is 1. The zero-order chi connectivity index (χ0) is 19.2. The number of amides is 2. The molecule has 2 N–H and O–H groups in total. The van der Waals surface area contributed by atoms with E-state index in [4.69, 9.17) is 9.47 Å². The second-order valence-electron chi connectivity index (χ2n) is 5.41. The lowest BCUT2D eigenvalue weighted by Gasteiger charge is -2.17. The van der Waals surface area contributed by atoms with E-state index in [2.05, 4.69) is 10.6 Å². The fourth-order valence-corrected chi connectivity index (χ4v) is 2.28. The third-order valence-corrected chi connectivity index (χ3v) is 3.67. The number of ether oxygens (including phenoxy) is 2. The highest BCUT2D eigenvalue weighted by molar-refractivity contribution is 5.89. The van der Waals surface area contributed by atoms with Gasteiger partial charge < -0.3 is 20.1 Å². The Labute approximate surface area is 149 Å². The molecule has 2 amide bonds. The van der Waals surface area contributed by atoms with Gasteiger partial charge in [0.05, 0.1) is 18.8 Å². The van der Waals surface area contributed by atoms with Gasteiger partial charge in [0, 0.05) is 19.3 Å². The number of hydrogen-bond donors (Lipinski definition) is 2. The van der Waals surface area contributed by atoms with Crippen molar-refractivity contribution in [1.29, 1.82) is 0 Å². The number of nitrogens with one attached hydrogen (secondary N) is 2. The first-order valence-corrected chi connectivity index (χ1v) is 7.72. The number of anilines is 1. The Hall–Kier alpha value is -2.74. The lowest BCUT2D eigenvalue weighted by Crippen LogP contribution is -2.32. The molecule has 2 aromatic rings. The molecule has 1 atom stereocenters. The summed E-state index contributed by atoms with van der Waals surface area (Å²) in [4.78, 5) is 11.9. The van der Waals surface area contributed by atoms with Gasteiger partial charge in [-0.05, 0) is 42.0 Å². The molecule has 8 heteroatoms. The van der Waals surface area contributed by atoms with Crippen molar-refractivity contribution in [2.75, 3.05) is 26.1 Å². The van der Waals surface area contributed by atoms with Crippen LogP contribution in [-0.2, 0) is 10.9 Å². The first kappa shape index (κ1) is 19.6. The molecule has 1 unspecified atom stereocenters. The molecule has 0 saturated carbocycles. The van der Waals surface area contributed by atoms with Crippen molar-refractivity contribution >= 4 is 11.7 Å². The van der Waals surface area contributed by atoms with Gasteiger partial charge in [0.1, 0.15) is 5.75 Å². The van der Waals surface area contributed by atoms with Crippen molar-refractivity contribution in [3.8, 4) is 5.75 Å². The number of hydrogen-bond acceptors (Lipinski definition) is 3. The van der Waals surface area contributed by atoms with Crippen LogP contribution in [0.25, 0.3) is 0 Å². The molecule has 0 spiro atoms. The molecule has 2 aromatic carbocycles. The highest BCUT2D eigenvalue weighted by Crippen LogP contribution is 2.29. The lowest BCUT2D eigenvalue weighted by atomic mass is 10.1. The van der Waals surface area contributed by atoms with Crippen LogP contribution in [0.3, 0.4) is 0 Å². The standard InChI is InChI=1S/C18H19F3N2O3/c1-25-15-5-3-4-12(10-15)16(26-2)11-22-17(24)23-14-8-6-13(7-9-14)18(19,20)21/h3-10,16H,11H2,1-2H3,(H2,22,23,24). The van der Waals surface area contributed by atoms with Gasteiger partial charge in [0.25, 0.3) is 0 Å². The summed E-state index contributed by atoms with van der Waals surface area (Å²) in [5.41, 5.74) is 0.299. The molecule has 0 bridgehead atoms. The topological polar surface area (TPSA) is 59.6 Å². The molecule has 0 fully saturated rings. The van der Waals surface area contributed by atoms with Crippen LogP contribution in [0.1, 0.15) is 17.2 Å². The molecule has 0 aliphatic rings. The molecule has 140 valence electrons. The summed E-state index contributed by atoms with van der Waals surface area (Å²) in [7, 11) is 3.07. The van der Waals surface area contributed by atoms with E-state index in [9.17, 15) is 18.0 Å². The minimum absolute atomic E-state index is 0.177. The van der Waals surface area contributed by atoms with Crippen LogP contribution in [0, 0.1) is 0 Å². The van der Waals surface area contributed by atoms with Crippen molar-refractivity contribution in [1.82, 2.24) is 5.32 Å². The number of halogens is 3. The van der Waals surface area contributed by atoms with Crippen molar-refractivity contribution < 1.29 is 27.4 Å². The number of carbonyl (C=O) groups excluding carboxylic acids is 1. The maximum atomic E-state index is 12.5. The summed E-state index contributed by atoms with van der Waals surface area (Å²) in [6.45, 7) is 0.177. The SMILES string of the molecule is COc1cccc(C(CNC(=O)Nc2ccc(C(F)(F)F)cc2)OC)c1. The minimum atomic E-state index is -4.41. The zero-order valence-corrected chi connectivity index (χ0v) is 14.3. The molecule has 0 aromatic heterocycles. The van der Waals surface area contributed by atoms with Gasteiger partial charge in [-0.2, -0.15) is 13.2 Å². The monoisotopic (exact) mass is 368 g/mol. The van der Waals surface area contributed by atoms with Crippen LogP contribution < -0.4 is 15.4 Å². The normalized spacial score (nSPS) is 12.3. The lowest BCUT2D eigenvalue weighted by molar-refractivity contribution is -0.137. The van der Waals surface area contributed by atoms with E-state index < -0.39 is 23.9 Å². The van der Waals surface area contributed by atoms with E-state index in [0.29, 0.717) is 5.75 Å². The first-order valence-electron chi connectivity index (χ1n) is 7.72. The Morgan fingerprint density at radius 2 is 1.81 bits per heavy atom. The predicted octanol–water partition coefficient (Wildman–Crippen LogP) is 4.22. The van der Waals surface area contributed by atoms with Crippen molar-refractivity contribution in [3.63, 3.8) is 0 Å². The summed E-state index contributed by atoms with van der Waals surface area (Å²) >= 11 is 0. The van der Waals surface area contributed by atoms with Crippen LogP contribution in [0.4, 0.5) is 23.7 Å². The second kappa shape index (κ2) is 8.57. The van der Waals surface area contributed by atoms with Crippen LogP contribution in [0.5, 0.6) is 5.75 Å². The van der Waals surface area contributed by atoms with Crippen LogP contribution in [-0.4, -0.2) is 26.8 Å². The second-order valence-corrected chi connectivity index (χ2v) is 5.41. The maximum absolute atomic E-state index is 12.5. The Morgan fingerprint density at radius 3 is 2.38 bits per heavy atom. The maximum Gasteiger partial charge on any atom is 0.416 e. The van der Waals surface area contributed by atoms with E-state index in [1.807, 2.05) is 12.1 Å². The van der Waals surface area contributed by atoms with Crippen molar-refractivity contribution in [2.24, 2.45) is 0 Å². The van der Waals surface area contributed by atoms with Gasteiger partial charge in [-0.1, -0.05) is 12.1 Å². The molecule has 0 saturated heterocycles. The molecule has 0 radical (unpaired) electrons. The summed E-state index contributed by atoms with van der Waals surface area (Å²) in [6, 6.07) is 10.9. The molecule has 5 nitrogen and oxygen atoms in total. The molecule has 0 heterocycles. The van der Waals surface area contributed by atoms with Gasteiger partial charge in [0.2, 0.25) is 0 Å². The van der Waals surface area contributed by atoms with Crippen molar-refractivity contribution in [3.05, 3.63) is 59.7 Å². The van der Waals surface area contributed by atoms with Gasteiger partial charge in [-0.15, -0.1) is 0 Å². The van der Waals surface area contributed by atoms with Gasteiger partial charge >= 0.3 is 12.2 Å². The number of rotatable bonds is 6. The predicted molar refractivity (Wildman–Crippen MR) is 91.2 cm³/mol. The molecule has 26 heavy (non-hydrogen) atoms. The van der Waals surface area contributed by atoms with Gasteiger partial charge in [-0.3, -0.25) is 0 Å². The fraction of sp³-hybridized carbons (Fsp3) is 0.278. The molecule has 0 aliphatic heterocycles. The Balaban J connectivity index is 1.92. The van der Waals surface area contributed by atoms with E-state index in [0.717, 1.165) is 17.7 Å².